The van der Waals surface area contributed by atoms with Gasteiger partial charge < -0.3 is 10.1 Å². The number of amides is 1. The first-order valence-electron chi connectivity index (χ1n) is 9.01. The Hall–Kier alpha value is -1.51. The van der Waals surface area contributed by atoms with Gasteiger partial charge in [0.15, 0.2) is 0 Å². The smallest absolute Gasteiger partial charge is 0.266 e. The zero-order valence-electron chi connectivity index (χ0n) is 16.1. The summed E-state index contributed by atoms with van der Waals surface area (Å²) in [6.45, 7) is 0.393. The average molecular weight is 710 g/mol. The molecule has 3 aromatic rings. The predicted molar refractivity (Wildman–Crippen MR) is 146 cm³/mol. The molecule has 3 rings (SSSR count). The predicted octanol–water partition coefficient (Wildman–Crippen LogP) is 7.98. The lowest BCUT2D eigenvalue weighted by molar-refractivity contribution is -0.112. The Morgan fingerprint density at radius 1 is 1.00 bits per heavy atom. The molecule has 0 heterocycles. The van der Waals surface area contributed by atoms with Crippen molar-refractivity contribution in [1.82, 2.24) is 0 Å². The molecule has 9 heteroatoms. The Kier molecular flexibility index (Phi) is 9.08. The van der Waals surface area contributed by atoms with Crippen molar-refractivity contribution in [3.05, 3.63) is 93.5 Å². The average Bonchev–Trinajstić information content (AvgIpc) is 2.75. The van der Waals surface area contributed by atoms with Gasteiger partial charge >= 0.3 is 0 Å². The van der Waals surface area contributed by atoms with Gasteiger partial charge in [0, 0.05) is 10.0 Å². The van der Waals surface area contributed by atoms with Gasteiger partial charge in [-0.1, -0.05) is 46.9 Å². The first-order chi connectivity index (χ1) is 15.3. The van der Waals surface area contributed by atoms with E-state index in [9.17, 15) is 10.1 Å². The quantitative estimate of drug-likeness (QED) is 0.161. The third kappa shape index (κ3) is 6.75. The van der Waals surface area contributed by atoms with Crippen LogP contribution in [-0.2, 0) is 11.4 Å². The molecule has 32 heavy (non-hydrogen) atoms. The molecule has 0 unspecified atom stereocenters. The van der Waals surface area contributed by atoms with E-state index in [1.165, 1.54) is 12.1 Å². The van der Waals surface area contributed by atoms with E-state index in [-0.39, 0.29) is 5.57 Å². The van der Waals surface area contributed by atoms with Crippen LogP contribution in [0, 0.1) is 18.5 Å². The number of nitrogens with one attached hydrogen (secondary N) is 1. The van der Waals surface area contributed by atoms with Gasteiger partial charge in [-0.05, 0) is 105 Å². The van der Waals surface area contributed by atoms with Crippen LogP contribution in [0.1, 0.15) is 11.1 Å². The van der Waals surface area contributed by atoms with Crippen molar-refractivity contribution in [3.63, 3.8) is 0 Å². The number of rotatable bonds is 6. The molecular weight excluding hydrogens is 696 g/mol. The molecule has 0 bridgehead atoms. The molecule has 0 saturated heterocycles. The molecule has 1 amide bonds. The minimum absolute atomic E-state index is 0.0672. The highest BCUT2D eigenvalue weighted by atomic mass is 127. The summed E-state index contributed by atoms with van der Waals surface area (Å²) in [7, 11) is 0. The Morgan fingerprint density at radius 2 is 1.62 bits per heavy atom. The van der Waals surface area contributed by atoms with Crippen LogP contribution in [0.5, 0.6) is 5.75 Å². The zero-order valence-corrected chi connectivity index (χ0v) is 22.7. The van der Waals surface area contributed by atoms with Crippen molar-refractivity contribution < 1.29 is 9.53 Å². The largest absolute Gasteiger partial charge is 0.487 e. The van der Waals surface area contributed by atoms with Crippen molar-refractivity contribution in [2.45, 2.75) is 6.61 Å². The first kappa shape index (κ1) is 25.1. The van der Waals surface area contributed by atoms with Crippen LogP contribution in [0.4, 0.5) is 5.69 Å². The summed E-state index contributed by atoms with van der Waals surface area (Å²) in [5.74, 6) is 0.150. The van der Waals surface area contributed by atoms with Gasteiger partial charge in [0.25, 0.3) is 5.91 Å². The highest BCUT2D eigenvalue weighted by molar-refractivity contribution is 14.1. The van der Waals surface area contributed by atoms with Crippen molar-refractivity contribution in [2.24, 2.45) is 0 Å². The maximum Gasteiger partial charge on any atom is 0.266 e. The summed E-state index contributed by atoms with van der Waals surface area (Å²) >= 11 is 22.3. The third-order valence-electron chi connectivity index (χ3n) is 4.17. The second-order valence-corrected chi connectivity index (χ2v) is 10.1. The molecule has 0 atom stereocenters. The Morgan fingerprint density at radius 3 is 2.25 bits per heavy atom. The van der Waals surface area contributed by atoms with Crippen molar-refractivity contribution in [1.29, 1.82) is 5.26 Å². The fraction of sp³-hybridized carbons (Fsp3) is 0.0435. The highest BCUT2D eigenvalue weighted by Gasteiger charge is 2.14. The lowest BCUT2D eigenvalue weighted by Gasteiger charge is -2.12. The van der Waals surface area contributed by atoms with Crippen molar-refractivity contribution in [3.8, 4) is 11.8 Å². The number of carbonyl (C=O) groups excluding carboxylic acids is 1. The molecule has 4 nitrogen and oxygen atoms in total. The van der Waals surface area contributed by atoms with Gasteiger partial charge in [-0.3, -0.25) is 4.79 Å². The molecular formula is C23H13Cl3I2N2O2. The number of halogens is 5. The van der Waals surface area contributed by atoms with Crippen LogP contribution in [-0.4, -0.2) is 5.91 Å². The molecule has 0 aliphatic heterocycles. The Bertz CT molecular complexity index is 1220. The van der Waals surface area contributed by atoms with Crippen LogP contribution in [0.3, 0.4) is 0 Å². The zero-order chi connectivity index (χ0) is 23.3. The molecule has 1 N–H and O–H groups in total. The Balaban J connectivity index is 1.78. The Labute approximate surface area is 227 Å². The van der Waals surface area contributed by atoms with E-state index in [2.05, 4.69) is 50.5 Å². The second-order valence-electron chi connectivity index (χ2n) is 6.48. The molecule has 0 saturated carbocycles. The molecule has 0 aliphatic carbocycles. The van der Waals surface area contributed by atoms with E-state index >= 15 is 0 Å². The molecule has 0 aliphatic rings. The topological polar surface area (TPSA) is 62.1 Å². The standard InChI is InChI=1S/C23H13Cl3I2N2O2/c24-16-3-1-13(2-4-16)12-32-22-19(27)8-14(9-20(22)28)7-15(11-29)23(31)30-21-10-17(25)5-6-18(21)26/h1-10H,12H2,(H,30,31)/b15-7+. The van der Waals surface area contributed by atoms with Gasteiger partial charge in [-0.25, -0.2) is 0 Å². The number of anilines is 1. The van der Waals surface area contributed by atoms with E-state index in [0.29, 0.717) is 32.9 Å². The summed E-state index contributed by atoms with van der Waals surface area (Å²) in [5, 5.41) is 13.5. The molecule has 162 valence electrons. The summed E-state index contributed by atoms with van der Waals surface area (Å²) in [4.78, 5) is 12.6. The van der Waals surface area contributed by atoms with Crippen LogP contribution in [0.25, 0.3) is 6.08 Å². The van der Waals surface area contributed by atoms with Crippen molar-refractivity contribution >= 4 is 97.7 Å². The van der Waals surface area contributed by atoms with Crippen LogP contribution >= 0.6 is 80.0 Å². The number of hydrogen-bond donors (Lipinski definition) is 1. The van der Waals surface area contributed by atoms with Crippen LogP contribution < -0.4 is 10.1 Å². The summed E-state index contributed by atoms with van der Waals surface area (Å²) < 4.78 is 7.68. The van der Waals surface area contributed by atoms with Gasteiger partial charge in [-0.2, -0.15) is 5.26 Å². The lowest BCUT2D eigenvalue weighted by atomic mass is 10.1. The van der Waals surface area contributed by atoms with E-state index in [1.54, 1.807) is 12.1 Å². The third-order valence-corrected chi connectivity index (χ3v) is 6.59. The van der Waals surface area contributed by atoms with E-state index in [1.807, 2.05) is 42.5 Å². The highest BCUT2D eigenvalue weighted by Crippen LogP contribution is 2.31. The van der Waals surface area contributed by atoms with Gasteiger partial charge in [0.1, 0.15) is 24.0 Å². The summed E-state index contributed by atoms with van der Waals surface area (Å²) in [5.41, 5.74) is 1.96. The SMILES string of the molecule is N#C/C(=C\c1cc(I)c(OCc2ccc(Cl)cc2)c(I)c1)C(=O)Nc1cc(Cl)ccc1Cl. The number of ether oxygens (including phenoxy) is 1. The van der Waals surface area contributed by atoms with Crippen LogP contribution in [0.2, 0.25) is 15.1 Å². The normalized spacial score (nSPS) is 11.1. The fourth-order valence-corrected chi connectivity index (χ4v) is 5.23. The van der Waals surface area contributed by atoms with Gasteiger partial charge in [-0.15, -0.1) is 0 Å². The minimum atomic E-state index is -0.579. The summed E-state index contributed by atoms with van der Waals surface area (Å²) in [6, 6.07) is 17.8. The maximum atomic E-state index is 12.6. The number of hydrogen-bond acceptors (Lipinski definition) is 3. The van der Waals surface area contributed by atoms with E-state index in [0.717, 1.165) is 18.5 Å². The molecule has 0 spiro atoms. The fourth-order valence-electron chi connectivity index (χ4n) is 2.64. The minimum Gasteiger partial charge on any atom is -0.487 e. The van der Waals surface area contributed by atoms with Gasteiger partial charge in [0.2, 0.25) is 0 Å². The molecule has 0 aromatic heterocycles. The number of benzene rings is 3. The lowest BCUT2D eigenvalue weighted by Crippen LogP contribution is -2.13. The van der Waals surface area contributed by atoms with Crippen LogP contribution in [0.15, 0.2) is 60.2 Å². The van der Waals surface area contributed by atoms with Gasteiger partial charge in [0.05, 0.1) is 17.9 Å². The summed E-state index contributed by atoms with van der Waals surface area (Å²) in [6.07, 6.45) is 1.51. The first-order valence-corrected chi connectivity index (χ1v) is 12.3. The molecule has 0 radical (unpaired) electrons. The van der Waals surface area contributed by atoms with E-state index < -0.39 is 5.91 Å². The number of nitrogens with zero attached hydrogens (tertiary/aromatic N) is 1. The maximum absolute atomic E-state index is 12.6. The molecule has 3 aromatic carbocycles. The van der Waals surface area contributed by atoms with Crippen molar-refractivity contribution in [2.75, 3.05) is 5.32 Å². The number of carbonyl (C=O) groups is 1. The molecule has 0 fully saturated rings. The monoisotopic (exact) mass is 708 g/mol. The van der Waals surface area contributed by atoms with E-state index in [4.69, 9.17) is 39.5 Å². The number of nitriles is 1. The second kappa shape index (κ2) is 11.6.